The van der Waals surface area contributed by atoms with Crippen LogP contribution in [0.5, 0.6) is 0 Å². The highest BCUT2D eigenvalue weighted by molar-refractivity contribution is 7.15. The maximum absolute atomic E-state index is 10.9. The van der Waals surface area contributed by atoms with Crippen LogP contribution < -0.4 is 5.32 Å². The Balaban J connectivity index is 2.07. The van der Waals surface area contributed by atoms with Crippen molar-refractivity contribution in [3.8, 4) is 0 Å². The zero-order valence-electron chi connectivity index (χ0n) is 12.6. The average molecular weight is 298 g/mol. The second kappa shape index (κ2) is 9.75. The van der Waals surface area contributed by atoms with Gasteiger partial charge in [0.25, 0.3) is 0 Å². The lowest BCUT2D eigenvalue weighted by atomic mass is 10.1. The van der Waals surface area contributed by atoms with Crippen LogP contribution in [0.3, 0.4) is 0 Å². The van der Waals surface area contributed by atoms with Crippen molar-refractivity contribution in [3.05, 3.63) is 10.6 Å². The fourth-order valence-electron chi connectivity index (χ4n) is 2.12. The first-order chi connectivity index (χ1) is 9.65. The van der Waals surface area contributed by atoms with Gasteiger partial charge >= 0.3 is 5.97 Å². The Morgan fingerprint density at radius 1 is 1.15 bits per heavy atom. The van der Waals surface area contributed by atoms with E-state index in [0.29, 0.717) is 0 Å². The molecule has 2 N–H and O–H groups in total. The number of thiazole rings is 1. The molecule has 1 aromatic heterocycles. The zero-order chi connectivity index (χ0) is 14.8. The van der Waals surface area contributed by atoms with E-state index in [2.05, 4.69) is 17.2 Å². The first kappa shape index (κ1) is 17.0. The van der Waals surface area contributed by atoms with Crippen LogP contribution in [0.4, 0.5) is 5.13 Å². The summed E-state index contributed by atoms with van der Waals surface area (Å²) < 4.78 is 0. The monoisotopic (exact) mass is 298 g/mol. The highest BCUT2D eigenvalue weighted by Gasteiger charge is 2.13. The third kappa shape index (κ3) is 6.37. The van der Waals surface area contributed by atoms with E-state index in [1.54, 1.807) is 6.92 Å². The van der Waals surface area contributed by atoms with E-state index in [1.807, 2.05) is 0 Å². The second-order valence-corrected chi connectivity index (χ2v) is 6.33. The van der Waals surface area contributed by atoms with Crippen LogP contribution in [-0.2, 0) is 0 Å². The first-order valence-electron chi connectivity index (χ1n) is 7.59. The third-order valence-corrected chi connectivity index (χ3v) is 4.23. The number of anilines is 1. The fourth-order valence-corrected chi connectivity index (χ4v) is 2.96. The van der Waals surface area contributed by atoms with Crippen LogP contribution in [0.15, 0.2) is 0 Å². The SMILES string of the molecule is CCCCCCCCCCNc1nc(C(=O)O)c(C)s1. The maximum Gasteiger partial charge on any atom is 0.355 e. The summed E-state index contributed by atoms with van der Waals surface area (Å²) >= 11 is 1.42. The molecule has 0 saturated heterocycles. The number of carboxylic acid groups (broad SMARTS) is 1. The van der Waals surface area contributed by atoms with Crippen molar-refractivity contribution >= 4 is 22.4 Å². The molecule has 0 aliphatic heterocycles. The van der Waals surface area contributed by atoms with Gasteiger partial charge in [0.1, 0.15) is 0 Å². The number of carbonyl (C=O) groups is 1. The maximum atomic E-state index is 10.9. The molecule has 4 nitrogen and oxygen atoms in total. The van der Waals surface area contributed by atoms with Crippen LogP contribution in [0.25, 0.3) is 0 Å². The van der Waals surface area contributed by atoms with Gasteiger partial charge in [0.05, 0.1) is 0 Å². The number of aromatic nitrogens is 1. The topological polar surface area (TPSA) is 62.2 Å². The van der Waals surface area contributed by atoms with Crippen molar-refractivity contribution in [3.63, 3.8) is 0 Å². The lowest BCUT2D eigenvalue weighted by Crippen LogP contribution is -2.03. The van der Waals surface area contributed by atoms with E-state index in [-0.39, 0.29) is 5.69 Å². The largest absolute Gasteiger partial charge is 0.476 e. The Morgan fingerprint density at radius 3 is 2.30 bits per heavy atom. The molecule has 1 rings (SSSR count). The summed E-state index contributed by atoms with van der Waals surface area (Å²) in [5.41, 5.74) is 0.174. The number of hydrogen-bond acceptors (Lipinski definition) is 4. The van der Waals surface area contributed by atoms with E-state index in [1.165, 1.54) is 56.3 Å². The van der Waals surface area contributed by atoms with Crippen molar-refractivity contribution in [1.82, 2.24) is 4.98 Å². The molecular formula is C15H26N2O2S. The molecule has 1 heterocycles. The van der Waals surface area contributed by atoms with Crippen molar-refractivity contribution in [2.24, 2.45) is 0 Å². The van der Waals surface area contributed by atoms with Gasteiger partial charge in [0, 0.05) is 11.4 Å². The lowest BCUT2D eigenvalue weighted by molar-refractivity contribution is 0.0690. The summed E-state index contributed by atoms with van der Waals surface area (Å²) in [6.45, 7) is 4.91. The predicted octanol–water partition coefficient (Wildman–Crippen LogP) is 4.70. The minimum absolute atomic E-state index is 0.174. The summed E-state index contributed by atoms with van der Waals surface area (Å²) in [5, 5.41) is 12.9. The summed E-state index contributed by atoms with van der Waals surface area (Å²) in [4.78, 5) is 15.7. The number of nitrogens with one attached hydrogen (secondary N) is 1. The number of unbranched alkanes of at least 4 members (excludes halogenated alkanes) is 7. The molecular weight excluding hydrogens is 272 g/mol. The molecule has 0 unspecified atom stereocenters. The van der Waals surface area contributed by atoms with Crippen molar-refractivity contribution < 1.29 is 9.90 Å². The van der Waals surface area contributed by atoms with Gasteiger partial charge in [0.15, 0.2) is 10.8 Å². The number of nitrogens with zero attached hydrogens (tertiary/aromatic N) is 1. The van der Waals surface area contributed by atoms with Crippen molar-refractivity contribution in [2.75, 3.05) is 11.9 Å². The highest BCUT2D eigenvalue weighted by Crippen LogP contribution is 2.22. The van der Waals surface area contributed by atoms with Gasteiger partial charge in [-0.25, -0.2) is 9.78 Å². The molecule has 0 aliphatic rings. The van der Waals surface area contributed by atoms with Gasteiger partial charge in [-0.15, -0.1) is 11.3 Å². The van der Waals surface area contributed by atoms with Gasteiger partial charge in [-0.05, 0) is 13.3 Å². The zero-order valence-corrected chi connectivity index (χ0v) is 13.4. The molecule has 0 spiro atoms. The van der Waals surface area contributed by atoms with Crippen LogP contribution in [-0.4, -0.2) is 22.6 Å². The molecule has 0 bridgehead atoms. The summed E-state index contributed by atoms with van der Waals surface area (Å²) in [7, 11) is 0. The van der Waals surface area contributed by atoms with Gasteiger partial charge in [-0.1, -0.05) is 51.9 Å². The van der Waals surface area contributed by atoms with E-state index in [4.69, 9.17) is 5.11 Å². The second-order valence-electron chi connectivity index (χ2n) is 5.13. The van der Waals surface area contributed by atoms with E-state index in [9.17, 15) is 4.79 Å². The molecule has 20 heavy (non-hydrogen) atoms. The van der Waals surface area contributed by atoms with E-state index in [0.717, 1.165) is 23.0 Å². The van der Waals surface area contributed by atoms with E-state index >= 15 is 0 Å². The van der Waals surface area contributed by atoms with Gasteiger partial charge < -0.3 is 10.4 Å². The number of aromatic carboxylic acids is 1. The predicted molar refractivity (Wildman–Crippen MR) is 84.9 cm³/mol. The Morgan fingerprint density at radius 2 is 1.75 bits per heavy atom. The Hall–Kier alpha value is -1.10. The Kier molecular flexibility index (Phi) is 8.26. The van der Waals surface area contributed by atoms with Crippen LogP contribution in [0.1, 0.15) is 73.7 Å². The average Bonchev–Trinajstić information content (AvgIpc) is 2.78. The van der Waals surface area contributed by atoms with Gasteiger partial charge in [0.2, 0.25) is 0 Å². The lowest BCUT2D eigenvalue weighted by Gasteiger charge is -2.03. The molecule has 5 heteroatoms. The first-order valence-corrected chi connectivity index (χ1v) is 8.41. The van der Waals surface area contributed by atoms with Gasteiger partial charge in [-0.2, -0.15) is 0 Å². The molecule has 0 aromatic carbocycles. The molecule has 114 valence electrons. The summed E-state index contributed by atoms with van der Waals surface area (Å²) in [6, 6.07) is 0. The molecule has 0 fully saturated rings. The molecule has 0 amide bonds. The molecule has 0 saturated carbocycles. The minimum Gasteiger partial charge on any atom is -0.476 e. The van der Waals surface area contributed by atoms with Crippen molar-refractivity contribution in [1.29, 1.82) is 0 Å². The quantitative estimate of drug-likeness (QED) is 0.581. The summed E-state index contributed by atoms with van der Waals surface area (Å²) in [6.07, 6.45) is 10.4. The Bertz CT molecular complexity index is 405. The third-order valence-electron chi connectivity index (χ3n) is 3.31. The van der Waals surface area contributed by atoms with Crippen molar-refractivity contribution in [2.45, 2.75) is 65.2 Å². The Labute approximate surface area is 125 Å². The molecule has 1 aromatic rings. The fraction of sp³-hybridized carbons (Fsp3) is 0.733. The van der Waals surface area contributed by atoms with E-state index < -0.39 is 5.97 Å². The molecule has 0 atom stereocenters. The molecule has 0 radical (unpaired) electrons. The van der Waals surface area contributed by atoms with Crippen LogP contribution >= 0.6 is 11.3 Å². The number of hydrogen-bond donors (Lipinski definition) is 2. The number of rotatable bonds is 11. The highest BCUT2D eigenvalue weighted by atomic mass is 32.1. The smallest absolute Gasteiger partial charge is 0.355 e. The molecule has 0 aliphatic carbocycles. The van der Waals surface area contributed by atoms with Gasteiger partial charge in [-0.3, -0.25) is 0 Å². The normalized spacial score (nSPS) is 10.7. The number of aryl methyl sites for hydroxylation is 1. The van der Waals surface area contributed by atoms with Crippen LogP contribution in [0.2, 0.25) is 0 Å². The number of carboxylic acids is 1. The minimum atomic E-state index is -0.945. The summed E-state index contributed by atoms with van der Waals surface area (Å²) in [5.74, 6) is -0.945. The standard InChI is InChI=1S/C15H26N2O2S/c1-3-4-5-6-7-8-9-10-11-16-15-17-13(14(18)19)12(2)20-15/h3-11H2,1-2H3,(H,16,17)(H,18,19). The van der Waals surface area contributed by atoms with Crippen LogP contribution in [0, 0.1) is 6.92 Å².